The average Bonchev–Trinajstić information content (AvgIpc) is 3.14. The quantitative estimate of drug-likeness (QED) is 0.826. The van der Waals surface area contributed by atoms with Gasteiger partial charge in [0.25, 0.3) is 0 Å². The van der Waals surface area contributed by atoms with Gasteiger partial charge in [0.1, 0.15) is 12.0 Å². The number of rotatable bonds is 2. The van der Waals surface area contributed by atoms with Gasteiger partial charge in [-0.15, -0.1) is 11.3 Å². The van der Waals surface area contributed by atoms with Gasteiger partial charge in [-0.3, -0.25) is 0 Å². The molecule has 7 heteroatoms. The minimum atomic E-state index is -0.743. The summed E-state index contributed by atoms with van der Waals surface area (Å²) in [5.74, 6) is -1.02. The molecule has 0 saturated heterocycles. The predicted molar refractivity (Wildman–Crippen MR) is 93.8 cm³/mol. The molecule has 1 aliphatic heterocycles. The summed E-state index contributed by atoms with van der Waals surface area (Å²) < 4.78 is 5.09. The smallest absolute Gasteiger partial charge is 0.410 e. The maximum absolute atomic E-state index is 12.1. The fourth-order valence-electron chi connectivity index (χ4n) is 3.32. The van der Waals surface area contributed by atoms with Crippen LogP contribution in [0.3, 0.4) is 0 Å². The highest BCUT2D eigenvalue weighted by atomic mass is 32.1. The van der Waals surface area contributed by atoms with Crippen molar-refractivity contribution in [1.82, 2.24) is 4.90 Å². The Morgan fingerprint density at radius 3 is 2.92 bits per heavy atom. The second kappa shape index (κ2) is 6.92. The lowest BCUT2D eigenvalue weighted by atomic mass is 9.70. The SMILES string of the molecule is CCOC(=O)N1CC=C2C(C#N)C(=N)C(C#N)=C(c3cccs3)[C@H]2C1. The molecule has 25 heavy (non-hydrogen) atoms. The molecule has 2 heterocycles. The fraction of sp³-hybridized carbons (Fsp3) is 0.333. The molecular weight excluding hydrogens is 336 g/mol. The van der Waals surface area contributed by atoms with E-state index >= 15 is 0 Å². The van der Waals surface area contributed by atoms with Crippen LogP contribution in [0.1, 0.15) is 11.8 Å². The van der Waals surface area contributed by atoms with E-state index in [0.29, 0.717) is 19.7 Å². The van der Waals surface area contributed by atoms with Gasteiger partial charge in [0.2, 0.25) is 0 Å². The number of amides is 1. The molecule has 126 valence electrons. The number of carbonyl (C=O) groups excluding carboxylic acids is 1. The van der Waals surface area contributed by atoms with Crippen LogP contribution in [0.4, 0.5) is 4.79 Å². The van der Waals surface area contributed by atoms with E-state index in [9.17, 15) is 15.3 Å². The van der Waals surface area contributed by atoms with Crippen molar-refractivity contribution in [2.75, 3.05) is 19.7 Å². The van der Waals surface area contributed by atoms with Crippen LogP contribution in [0.5, 0.6) is 0 Å². The third-order valence-corrected chi connectivity index (χ3v) is 5.32. The van der Waals surface area contributed by atoms with Gasteiger partial charge in [-0.25, -0.2) is 4.79 Å². The zero-order valence-electron chi connectivity index (χ0n) is 13.7. The van der Waals surface area contributed by atoms with E-state index in [1.165, 1.54) is 11.3 Å². The van der Waals surface area contributed by atoms with Gasteiger partial charge in [0.05, 0.1) is 24.0 Å². The number of hydrogen-bond donors (Lipinski definition) is 1. The molecule has 0 bridgehead atoms. The van der Waals surface area contributed by atoms with E-state index in [4.69, 9.17) is 10.1 Å². The van der Waals surface area contributed by atoms with Gasteiger partial charge in [0, 0.05) is 23.9 Å². The van der Waals surface area contributed by atoms with Gasteiger partial charge >= 0.3 is 6.09 Å². The summed E-state index contributed by atoms with van der Waals surface area (Å²) >= 11 is 1.48. The number of carbonyl (C=O) groups is 1. The van der Waals surface area contributed by atoms with Crippen LogP contribution in [-0.2, 0) is 4.74 Å². The molecule has 1 N–H and O–H groups in total. The first-order valence-electron chi connectivity index (χ1n) is 7.90. The number of thiophene rings is 1. The van der Waals surface area contributed by atoms with Gasteiger partial charge in [-0.2, -0.15) is 10.5 Å². The minimum absolute atomic E-state index is 0.0421. The predicted octanol–water partition coefficient (Wildman–Crippen LogP) is 3.21. The standard InChI is InChI=1S/C18H16N4O2S/c1-2-24-18(23)22-6-5-11-12(8-19)17(21)13(9-20)16(14(11)10-22)15-4-3-7-25-15/h3-5,7,12,14,21H,2,6,10H2,1H3/t12?,14-/m0/s1. The van der Waals surface area contributed by atoms with E-state index in [2.05, 4.69) is 12.1 Å². The van der Waals surface area contributed by atoms with E-state index in [1.807, 2.05) is 23.6 Å². The molecule has 6 nitrogen and oxygen atoms in total. The average molecular weight is 352 g/mol. The maximum atomic E-state index is 12.1. The second-order valence-corrected chi connectivity index (χ2v) is 6.66. The summed E-state index contributed by atoms with van der Waals surface area (Å²) in [6.45, 7) is 2.73. The summed E-state index contributed by atoms with van der Waals surface area (Å²) in [5, 5.41) is 29.4. The molecule has 3 rings (SSSR count). The van der Waals surface area contributed by atoms with Crippen molar-refractivity contribution in [2.24, 2.45) is 11.8 Å². The van der Waals surface area contributed by atoms with Gasteiger partial charge in [-0.1, -0.05) is 12.1 Å². The van der Waals surface area contributed by atoms with Crippen LogP contribution in [0.2, 0.25) is 0 Å². The monoisotopic (exact) mass is 352 g/mol. The molecule has 0 radical (unpaired) electrons. The summed E-state index contributed by atoms with van der Waals surface area (Å²) in [7, 11) is 0. The Morgan fingerprint density at radius 2 is 2.32 bits per heavy atom. The van der Waals surface area contributed by atoms with Crippen molar-refractivity contribution < 1.29 is 9.53 Å². The lowest BCUT2D eigenvalue weighted by molar-refractivity contribution is 0.107. The molecule has 1 aliphatic carbocycles. The molecule has 2 aliphatic rings. The highest BCUT2D eigenvalue weighted by molar-refractivity contribution is 7.11. The summed E-state index contributed by atoms with van der Waals surface area (Å²) in [6.07, 6.45) is 1.42. The van der Waals surface area contributed by atoms with Crippen molar-refractivity contribution in [1.29, 1.82) is 15.9 Å². The first-order chi connectivity index (χ1) is 12.1. The number of nitrogens with one attached hydrogen (secondary N) is 1. The molecule has 2 atom stereocenters. The van der Waals surface area contributed by atoms with Crippen molar-refractivity contribution in [3.05, 3.63) is 39.6 Å². The van der Waals surface area contributed by atoms with E-state index in [1.54, 1.807) is 11.8 Å². The molecule has 0 aromatic carbocycles. The minimum Gasteiger partial charge on any atom is -0.450 e. The maximum Gasteiger partial charge on any atom is 0.410 e. The molecule has 1 amide bonds. The summed E-state index contributed by atoms with van der Waals surface area (Å²) in [5.41, 5.74) is 1.81. The molecule has 1 aromatic rings. The first-order valence-corrected chi connectivity index (χ1v) is 8.78. The largest absolute Gasteiger partial charge is 0.450 e. The Morgan fingerprint density at radius 1 is 1.52 bits per heavy atom. The zero-order chi connectivity index (χ0) is 18.0. The molecule has 1 aromatic heterocycles. The lowest BCUT2D eigenvalue weighted by Gasteiger charge is -2.38. The van der Waals surface area contributed by atoms with E-state index in [-0.39, 0.29) is 17.2 Å². The zero-order valence-corrected chi connectivity index (χ0v) is 14.5. The summed E-state index contributed by atoms with van der Waals surface area (Å²) in [4.78, 5) is 14.6. The van der Waals surface area contributed by atoms with Crippen LogP contribution in [0.25, 0.3) is 5.57 Å². The molecule has 0 spiro atoms. The first kappa shape index (κ1) is 16.9. The topological polar surface area (TPSA) is 101 Å². The normalized spacial score (nSPS) is 22.6. The molecular formula is C18H16N4O2S. The summed E-state index contributed by atoms with van der Waals surface area (Å²) in [6, 6.07) is 8.04. The lowest BCUT2D eigenvalue weighted by Crippen LogP contribution is -2.44. The Labute approximate surface area is 149 Å². The van der Waals surface area contributed by atoms with Crippen LogP contribution < -0.4 is 0 Å². The fourth-order valence-corrected chi connectivity index (χ4v) is 4.15. The van der Waals surface area contributed by atoms with Crippen molar-refractivity contribution in [3.8, 4) is 12.1 Å². The Kier molecular flexibility index (Phi) is 4.69. The van der Waals surface area contributed by atoms with Crippen LogP contribution in [0, 0.1) is 39.9 Å². The number of nitrogens with zero attached hydrogens (tertiary/aromatic N) is 3. The second-order valence-electron chi connectivity index (χ2n) is 5.71. The number of fused-ring (bicyclic) bond motifs is 1. The number of allylic oxidation sites excluding steroid dienone is 1. The third kappa shape index (κ3) is 2.84. The number of hydrogen-bond acceptors (Lipinski definition) is 6. The number of ether oxygens (including phenoxy) is 1. The molecule has 0 fully saturated rings. The van der Waals surface area contributed by atoms with E-state index in [0.717, 1.165) is 16.0 Å². The van der Waals surface area contributed by atoms with Gasteiger partial charge in [0.15, 0.2) is 0 Å². The third-order valence-electron chi connectivity index (χ3n) is 4.42. The van der Waals surface area contributed by atoms with Crippen LogP contribution in [-0.4, -0.2) is 36.4 Å². The molecule has 0 saturated carbocycles. The Hall–Kier alpha value is -2.90. The van der Waals surface area contributed by atoms with Crippen LogP contribution >= 0.6 is 11.3 Å². The molecule has 1 unspecified atom stereocenters. The van der Waals surface area contributed by atoms with Crippen LogP contribution in [0.15, 0.2) is 34.7 Å². The highest BCUT2D eigenvalue weighted by Gasteiger charge is 2.41. The Bertz CT molecular complexity index is 855. The highest BCUT2D eigenvalue weighted by Crippen LogP contribution is 2.44. The van der Waals surface area contributed by atoms with Gasteiger partial charge in [-0.05, 0) is 29.5 Å². The Balaban J connectivity index is 2.11. The van der Waals surface area contributed by atoms with Crippen molar-refractivity contribution in [3.63, 3.8) is 0 Å². The van der Waals surface area contributed by atoms with Crippen molar-refractivity contribution in [2.45, 2.75) is 6.92 Å². The van der Waals surface area contributed by atoms with E-state index < -0.39 is 12.0 Å². The number of nitriles is 2. The van der Waals surface area contributed by atoms with Gasteiger partial charge < -0.3 is 15.0 Å². The van der Waals surface area contributed by atoms with Crippen molar-refractivity contribution >= 4 is 28.7 Å².